The number of guanidine groups is 1. The summed E-state index contributed by atoms with van der Waals surface area (Å²) >= 11 is 0. The molecule has 0 spiro atoms. The minimum Gasteiger partial charge on any atom is -0.486 e. The topological polar surface area (TPSA) is 55.3 Å². The SMILES string of the molecule is CN=C(NCC(OC)c1ccc(F)cc1)N(C)Cc1ccc2c(c1)OCCO2. The first kappa shape index (κ1) is 19.9. The first-order chi connectivity index (χ1) is 13.6. The van der Waals surface area contributed by atoms with E-state index < -0.39 is 0 Å². The van der Waals surface area contributed by atoms with E-state index >= 15 is 0 Å². The van der Waals surface area contributed by atoms with Gasteiger partial charge in [0.15, 0.2) is 17.5 Å². The van der Waals surface area contributed by atoms with Crippen molar-refractivity contribution >= 4 is 5.96 Å². The third kappa shape index (κ3) is 4.92. The Labute approximate surface area is 164 Å². The maximum atomic E-state index is 13.1. The number of aliphatic imine (C=N–C) groups is 1. The smallest absolute Gasteiger partial charge is 0.193 e. The molecular formula is C21H26FN3O3. The molecule has 6 nitrogen and oxygen atoms in total. The average Bonchev–Trinajstić information content (AvgIpc) is 2.72. The zero-order valence-electron chi connectivity index (χ0n) is 16.4. The van der Waals surface area contributed by atoms with Gasteiger partial charge in [-0.3, -0.25) is 4.99 Å². The molecule has 1 N–H and O–H groups in total. The van der Waals surface area contributed by atoms with Crippen LogP contribution in [0.1, 0.15) is 17.2 Å². The molecule has 0 aromatic heterocycles. The molecular weight excluding hydrogens is 361 g/mol. The van der Waals surface area contributed by atoms with Crippen molar-refractivity contribution in [2.24, 2.45) is 4.99 Å². The van der Waals surface area contributed by atoms with Crippen molar-refractivity contribution in [3.05, 3.63) is 59.4 Å². The summed E-state index contributed by atoms with van der Waals surface area (Å²) in [5.74, 6) is 2.03. The molecule has 0 radical (unpaired) electrons. The first-order valence-corrected chi connectivity index (χ1v) is 9.19. The van der Waals surface area contributed by atoms with Gasteiger partial charge in [-0.2, -0.15) is 0 Å². The number of hydrogen-bond donors (Lipinski definition) is 1. The summed E-state index contributed by atoms with van der Waals surface area (Å²) in [5, 5.41) is 3.32. The second kappa shape index (κ2) is 9.41. The summed E-state index contributed by atoms with van der Waals surface area (Å²) in [6.07, 6.45) is -0.208. The minimum atomic E-state index is -0.262. The maximum absolute atomic E-state index is 13.1. The number of ether oxygens (including phenoxy) is 3. The first-order valence-electron chi connectivity index (χ1n) is 9.19. The van der Waals surface area contributed by atoms with Gasteiger partial charge in [-0.05, 0) is 35.4 Å². The van der Waals surface area contributed by atoms with Gasteiger partial charge < -0.3 is 24.4 Å². The predicted octanol–water partition coefficient (Wildman–Crippen LogP) is 2.99. The molecule has 2 aromatic rings. The zero-order valence-corrected chi connectivity index (χ0v) is 16.4. The van der Waals surface area contributed by atoms with Crippen molar-refractivity contribution < 1.29 is 18.6 Å². The van der Waals surface area contributed by atoms with E-state index in [1.807, 2.05) is 30.1 Å². The van der Waals surface area contributed by atoms with Crippen LogP contribution in [0, 0.1) is 5.82 Å². The van der Waals surface area contributed by atoms with E-state index in [1.165, 1.54) is 12.1 Å². The van der Waals surface area contributed by atoms with Crippen LogP contribution in [0.15, 0.2) is 47.5 Å². The quantitative estimate of drug-likeness (QED) is 0.610. The van der Waals surface area contributed by atoms with Gasteiger partial charge in [0.1, 0.15) is 19.0 Å². The highest BCUT2D eigenvalue weighted by molar-refractivity contribution is 5.79. The molecule has 0 fully saturated rings. The van der Waals surface area contributed by atoms with Gasteiger partial charge in [0.2, 0.25) is 0 Å². The second-order valence-electron chi connectivity index (χ2n) is 6.54. The number of halogens is 1. The Morgan fingerprint density at radius 3 is 2.57 bits per heavy atom. The molecule has 1 heterocycles. The summed E-state index contributed by atoms with van der Waals surface area (Å²) in [6, 6.07) is 12.3. The minimum absolute atomic E-state index is 0.208. The molecule has 1 unspecified atom stereocenters. The van der Waals surface area contributed by atoms with E-state index in [4.69, 9.17) is 14.2 Å². The molecule has 150 valence electrons. The molecule has 28 heavy (non-hydrogen) atoms. The fourth-order valence-corrected chi connectivity index (χ4v) is 3.12. The predicted molar refractivity (Wildman–Crippen MR) is 106 cm³/mol. The molecule has 0 amide bonds. The molecule has 1 aliphatic rings. The lowest BCUT2D eigenvalue weighted by Crippen LogP contribution is -2.40. The van der Waals surface area contributed by atoms with Crippen LogP contribution in [0.5, 0.6) is 11.5 Å². The molecule has 3 rings (SSSR count). The molecule has 0 saturated carbocycles. The van der Waals surface area contributed by atoms with E-state index in [1.54, 1.807) is 26.3 Å². The van der Waals surface area contributed by atoms with E-state index in [2.05, 4.69) is 10.3 Å². The van der Waals surface area contributed by atoms with Crippen molar-refractivity contribution in [3.8, 4) is 11.5 Å². The molecule has 1 atom stereocenters. The van der Waals surface area contributed by atoms with Crippen LogP contribution in [-0.2, 0) is 11.3 Å². The molecule has 0 bridgehead atoms. The van der Waals surface area contributed by atoms with Crippen LogP contribution in [-0.4, -0.2) is 51.8 Å². The molecule has 0 saturated heterocycles. The van der Waals surface area contributed by atoms with Crippen LogP contribution in [0.4, 0.5) is 4.39 Å². The Balaban J connectivity index is 1.60. The number of fused-ring (bicyclic) bond motifs is 1. The number of hydrogen-bond acceptors (Lipinski definition) is 4. The average molecular weight is 387 g/mol. The van der Waals surface area contributed by atoms with Gasteiger partial charge >= 0.3 is 0 Å². The Morgan fingerprint density at radius 1 is 1.18 bits per heavy atom. The van der Waals surface area contributed by atoms with Crippen LogP contribution in [0.2, 0.25) is 0 Å². The van der Waals surface area contributed by atoms with Crippen molar-refractivity contribution in [1.29, 1.82) is 0 Å². The normalized spacial score (nSPS) is 14.5. The van der Waals surface area contributed by atoms with Crippen molar-refractivity contribution in [2.75, 3.05) is 41.0 Å². The van der Waals surface area contributed by atoms with E-state index in [9.17, 15) is 4.39 Å². The summed E-state index contributed by atoms with van der Waals surface area (Å²) < 4.78 is 29.9. The lowest BCUT2D eigenvalue weighted by molar-refractivity contribution is 0.106. The summed E-state index contributed by atoms with van der Waals surface area (Å²) in [7, 11) is 5.34. The number of rotatable bonds is 6. The Morgan fingerprint density at radius 2 is 1.89 bits per heavy atom. The van der Waals surface area contributed by atoms with Crippen molar-refractivity contribution in [3.63, 3.8) is 0 Å². The molecule has 7 heteroatoms. The van der Waals surface area contributed by atoms with E-state index in [0.29, 0.717) is 26.3 Å². The van der Waals surface area contributed by atoms with Crippen LogP contribution < -0.4 is 14.8 Å². The Bertz CT molecular complexity index is 811. The highest BCUT2D eigenvalue weighted by Gasteiger charge is 2.15. The Hall–Kier alpha value is -2.80. The second-order valence-corrected chi connectivity index (χ2v) is 6.54. The van der Waals surface area contributed by atoms with Crippen molar-refractivity contribution in [2.45, 2.75) is 12.6 Å². The van der Waals surface area contributed by atoms with Crippen LogP contribution in [0.3, 0.4) is 0 Å². The highest BCUT2D eigenvalue weighted by Crippen LogP contribution is 2.31. The number of benzene rings is 2. The van der Waals surface area contributed by atoms with Gasteiger partial charge in [-0.15, -0.1) is 0 Å². The lowest BCUT2D eigenvalue weighted by Gasteiger charge is -2.25. The molecule has 0 aliphatic carbocycles. The van der Waals surface area contributed by atoms with E-state index in [-0.39, 0.29) is 11.9 Å². The number of nitrogens with zero attached hydrogens (tertiary/aromatic N) is 2. The summed E-state index contributed by atoms with van der Waals surface area (Å²) in [6.45, 7) is 2.32. The standard InChI is InChI=1S/C21H26FN3O3/c1-23-21(24-13-20(26-3)16-5-7-17(22)8-6-16)25(2)14-15-4-9-18-19(12-15)28-11-10-27-18/h4-9,12,20H,10-11,13-14H2,1-3H3,(H,23,24). The zero-order chi connectivity index (χ0) is 19.9. The monoisotopic (exact) mass is 387 g/mol. The fourth-order valence-electron chi connectivity index (χ4n) is 3.12. The van der Waals surface area contributed by atoms with E-state index in [0.717, 1.165) is 28.6 Å². The van der Waals surface area contributed by atoms with Crippen LogP contribution >= 0.6 is 0 Å². The third-order valence-electron chi connectivity index (χ3n) is 4.57. The highest BCUT2D eigenvalue weighted by atomic mass is 19.1. The molecule has 1 aliphatic heterocycles. The fraction of sp³-hybridized carbons (Fsp3) is 0.381. The lowest BCUT2D eigenvalue weighted by atomic mass is 10.1. The Kier molecular flexibility index (Phi) is 6.71. The van der Waals surface area contributed by atoms with Gasteiger partial charge in [0, 0.05) is 34.3 Å². The largest absolute Gasteiger partial charge is 0.486 e. The van der Waals surface area contributed by atoms with Gasteiger partial charge in [0.25, 0.3) is 0 Å². The van der Waals surface area contributed by atoms with Gasteiger partial charge in [-0.25, -0.2) is 4.39 Å². The van der Waals surface area contributed by atoms with Crippen LogP contribution in [0.25, 0.3) is 0 Å². The number of nitrogens with one attached hydrogen (secondary N) is 1. The number of methoxy groups -OCH3 is 1. The van der Waals surface area contributed by atoms with Gasteiger partial charge in [0.05, 0.1) is 6.10 Å². The van der Waals surface area contributed by atoms with Gasteiger partial charge in [-0.1, -0.05) is 18.2 Å². The third-order valence-corrected chi connectivity index (χ3v) is 4.57. The molecule has 2 aromatic carbocycles. The summed E-state index contributed by atoms with van der Waals surface area (Å²) in [5.41, 5.74) is 2.00. The summed E-state index contributed by atoms with van der Waals surface area (Å²) in [4.78, 5) is 6.36. The van der Waals surface area contributed by atoms with Crippen molar-refractivity contribution in [1.82, 2.24) is 10.2 Å². The maximum Gasteiger partial charge on any atom is 0.193 e.